The zero-order chi connectivity index (χ0) is 17.1. The van der Waals surface area contributed by atoms with Crippen LogP contribution in [0.15, 0.2) is 24.3 Å². The maximum absolute atomic E-state index is 12.0. The van der Waals surface area contributed by atoms with Gasteiger partial charge in [0.05, 0.1) is 0 Å². The Morgan fingerprint density at radius 1 is 1.29 bits per heavy atom. The average Bonchev–Trinajstić information content (AvgIpc) is 3.20. The van der Waals surface area contributed by atoms with E-state index in [0.29, 0.717) is 12.3 Å². The lowest BCUT2D eigenvalue weighted by Gasteiger charge is -2.16. The van der Waals surface area contributed by atoms with Crippen molar-refractivity contribution in [2.24, 2.45) is 5.92 Å². The lowest BCUT2D eigenvalue weighted by molar-refractivity contribution is -0.117. The normalized spacial score (nSPS) is 16.0. The highest BCUT2D eigenvalue weighted by Gasteiger charge is 2.22. The quantitative estimate of drug-likeness (QED) is 0.813. The van der Waals surface area contributed by atoms with E-state index >= 15 is 0 Å². The molecule has 3 rings (SSSR count). The second kappa shape index (κ2) is 7.16. The predicted octanol–water partition coefficient (Wildman–Crippen LogP) is 3.68. The van der Waals surface area contributed by atoms with Gasteiger partial charge in [0.1, 0.15) is 0 Å². The molecular formula is C19H26N4O. The van der Waals surface area contributed by atoms with E-state index < -0.39 is 0 Å². The zero-order valence-electron chi connectivity index (χ0n) is 14.8. The molecule has 1 atom stereocenters. The summed E-state index contributed by atoms with van der Waals surface area (Å²) in [6, 6.07) is 8.11. The van der Waals surface area contributed by atoms with Crippen molar-refractivity contribution in [2.75, 3.05) is 11.4 Å². The molecule has 128 valence electrons. The smallest absolute Gasteiger partial charge is 0.227 e. The average molecular weight is 326 g/mol. The fourth-order valence-corrected chi connectivity index (χ4v) is 3.10. The summed E-state index contributed by atoms with van der Waals surface area (Å²) in [4.78, 5) is 18.6. The Morgan fingerprint density at radius 2 is 2.12 bits per heavy atom. The van der Waals surface area contributed by atoms with Crippen LogP contribution in [0.2, 0.25) is 0 Å². The summed E-state index contributed by atoms with van der Waals surface area (Å²) >= 11 is 0. The second-order valence-electron chi connectivity index (χ2n) is 6.58. The summed E-state index contributed by atoms with van der Waals surface area (Å²) in [5.41, 5.74) is 1.99. The molecule has 5 heteroatoms. The summed E-state index contributed by atoms with van der Waals surface area (Å²) < 4.78 is 1.96. The molecule has 1 saturated heterocycles. The van der Waals surface area contributed by atoms with Crippen LogP contribution < -0.4 is 4.90 Å². The van der Waals surface area contributed by atoms with E-state index in [9.17, 15) is 4.79 Å². The minimum absolute atomic E-state index is 0.210. The highest BCUT2D eigenvalue weighted by Crippen LogP contribution is 2.27. The molecule has 1 aromatic heterocycles. The first kappa shape index (κ1) is 16.7. The van der Waals surface area contributed by atoms with Gasteiger partial charge in [0.2, 0.25) is 5.91 Å². The fraction of sp³-hybridized carbons (Fsp3) is 0.526. The summed E-state index contributed by atoms with van der Waals surface area (Å²) in [7, 11) is 0. The molecule has 0 saturated carbocycles. The highest BCUT2D eigenvalue weighted by molar-refractivity contribution is 5.95. The number of carbonyl (C=O) groups is 1. The van der Waals surface area contributed by atoms with Gasteiger partial charge in [-0.25, -0.2) is 9.67 Å². The van der Waals surface area contributed by atoms with Crippen molar-refractivity contribution in [1.29, 1.82) is 0 Å². The third-order valence-electron chi connectivity index (χ3n) is 4.73. The first-order valence-electron chi connectivity index (χ1n) is 8.96. The third kappa shape index (κ3) is 3.35. The van der Waals surface area contributed by atoms with Crippen LogP contribution in [0.4, 0.5) is 5.69 Å². The van der Waals surface area contributed by atoms with Crippen molar-refractivity contribution in [1.82, 2.24) is 14.8 Å². The van der Waals surface area contributed by atoms with Crippen molar-refractivity contribution in [3.8, 4) is 11.4 Å². The van der Waals surface area contributed by atoms with Gasteiger partial charge in [0.25, 0.3) is 0 Å². The molecule has 1 amide bonds. The minimum atomic E-state index is 0.210. The Morgan fingerprint density at radius 3 is 2.79 bits per heavy atom. The van der Waals surface area contributed by atoms with Gasteiger partial charge in [0, 0.05) is 37.2 Å². The van der Waals surface area contributed by atoms with E-state index in [2.05, 4.69) is 31.9 Å². The molecule has 1 unspecified atom stereocenters. The highest BCUT2D eigenvalue weighted by atomic mass is 16.2. The van der Waals surface area contributed by atoms with Crippen LogP contribution in [0.1, 0.15) is 45.9 Å². The number of aromatic nitrogens is 3. The molecule has 5 nitrogen and oxygen atoms in total. The maximum Gasteiger partial charge on any atom is 0.227 e. The number of aryl methyl sites for hydroxylation is 1. The molecule has 1 fully saturated rings. The number of hydrogen-bond donors (Lipinski definition) is 0. The van der Waals surface area contributed by atoms with Crippen LogP contribution in [-0.2, 0) is 17.8 Å². The minimum Gasteiger partial charge on any atom is -0.312 e. The number of hydrogen-bond acceptors (Lipinski definition) is 3. The van der Waals surface area contributed by atoms with E-state index in [-0.39, 0.29) is 5.91 Å². The molecule has 1 aliphatic heterocycles. The Hall–Kier alpha value is -2.17. The second-order valence-corrected chi connectivity index (χ2v) is 6.58. The summed E-state index contributed by atoms with van der Waals surface area (Å²) in [5.74, 6) is 2.59. The molecule has 24 heavy (non-hydrogen) atoms. The monoisotopic (exact) mass is 326 g/mol. The van der Waals surface area contributed by atoms with Crippen molar-refractivity contribution < 1.29 is 4.79 Å². The van der Waals surface area contributed by atoms with Gasteiger partial charge >= 0.3 is 0 Å². The van der Waals surface area contributed by atoms with Gasteiger partial charge in [-0.1, -0.05) is 32.4 Å². The molecular weight excluding hydrogens is 300 g/mol. The zero-order valence-corrected chi connectivity index (χ0v) is 14.8. The summed E-state index contributed by atoms with van der Waals surface area (Å²) in [6.07, 6.45) is 3.62. The molecule has 1 aromatic carbocycles. The fourth-order valence-electron chi connectivity index (χ4n) is 3.10. The molecule has 0 aliphatic carbocycles. The Bertz CT molecular complexity index is 722. The number of rotatable bonds is 6. The Balaban J connectivity index is 1.92. The summed E-state index contributed by atoms with van der Waals surface area (Å²) in [6.45, 7) is 8.10. The number of carbonyl (C=O) groups excluding carboxylic acids is 1. The molecule has 0 bridgehead atoms. The molecule has 1 aliphatic rings. The molecule has 0 N–H and O–H groups in total. The molecule has 2 aromatic rings. The van der Waals surface area contributed by atoms with Gasteiger partial charge in [-0.15, -0.1) is 0 Å². The Kier molecular flexibility index (Phi) is 4.97. The number of anilines is 1. The molecule has 2 heterocycles. The van der Waals surface area contributed by atoms with Gasteiger partial charge in [0.15, 0.2) is 11.6 Å². The predicted molar refractivity (Wildman–Crippen MR) is 95.9 cm³/mol. The van der Waals surface area contributed by atoms with E-state index in [1.165, 1.54) is 0 Å². The number of nitrogens with zero attached hydrogens (tertiary/aromatic N) is 4. The number of amides is 1. The van der Waals surface area contributed by atoms with Gasteiger partial charge in [-0.05, 0) is 31.4 Å². The van der Waals surface area contributed by atoms with E-state index in [1.54, 1.807) is 0 Å². The Labute approximate surface area is 143 Å². The lowest BCUT2D eigenvalue weighted by atomic mass is 10.1. The van der Waals surface area contributed by atoms with Crippen LogP contribution in [0, 0.1) is 5.92 Å². The molecule has 0 radical (unpaired) electrons. The number of benzene rings is 1. The van der Waals surface area contributed by atoms with Crippen LogP contribution >= 0.6 is 0 Å². The van der Waals surface area contributed by atoms with E-state index in [4.69, 9.17) is 4.98 Å². The topological polar surface area (TPSA) is 51.0 Å². The van der Waals surface area contributed by atoms with E-state index in [0.717, 1.165) is 55.3 Å². The van der Waals surface area contributed by atoms with Crippen molar-refractivity contribution in [2.45, 2.75) is 53.0 Å². The first-order chi connectivity index (χ1) is 11.6. The standard InChI is InChI=1S/C19H26N4O/c1-4-14(3)12-17-20-19(23(5-2)21-17)15-8-6-9-16(13-15)22-11-7-10-18(22)24/h6,8-9,13-14H,4-5,7,10-12H2,1-3H3. The van der Waals surface area contributed by atoms with Crippen LogP contribution in [-0.4, -0.2) is 27.2 Å². The summed E-state index contributed by atoms with van der Waals surface area (Å²) in [5, 5.41) is 4.66. The first-order valence-corrected chi connectivity index (χ1v) is 8.96. The van der Waals surface area contributed by atoms with Crippen LogP contribution in [0.5, 0.6) is 0 Å². The van der Waals surface area contributed by atoms with Gasteiger partial charge < -0.3 is 4.90 Å². The van der Waals surface area contributed by atoms with Crippen LogP contribution in [0.25, 0.3) is 11.4 Å². The SMILES string of the molecule is CCC(C)Cc1nc(-c2cccc(N3CCCC3=O)c2)n(CC)n1. The molecule has 0 spiro atoms. The maximum atomic E-state index is 12.0. The van der Waals surface area contributed by atoms with Crippen LogP contribution in [0.3, 0.4) is 0 Å². The largest absolute Gasteiger partial charge is 0.312 e. The van der Waals surface area contributed by atoms with E-state index in [1.807, 2.05) is 27.8 Å². The van der Waals surface area contributed by atoms with Crippen molar-refractivity contribution in [3.63, 3.8) is 0 Å². The van der Waals surface area contributed by atoms with Gasteiger partial charge in [-0.2, -0.15) is 5.10 Å². The van der Waals surface area contributed by atoms with Crippen molar-refractivity contribution in [3.05, 3.63) is 30.1 Å². The van der Waals surface area contributed by atoms with Gasteiger partial charge in [-0.3, -0.25) is 4.79 Å². The van der Waals surface area contributed by atoms with Crippen molar-refractivity contribution >= 4 is 11.6 Å². The lowest BCUT2D eigenvalue weighted by Crippen LogP contribution is -2.23. The third-order valence-corrected chi connectivity index (χ3v) is 4.73.